The quantitative estimate of drug-likeness (QED) is 0.119. The van der Waals surface area contributed by atoms with Crippen molar-refractivity contribution in [1.29, 1.82) is 0 Å². The van der Waals surface area contributed by atoms with E-state index >= 15 is 0 Å². The predicted molar refractivity (Wildman–Crippen MR) is 203 cm³/mol. The normalized spacial score (nSPS) is 17.3. The fourth-order valence-electron chi connectivity index (χ4n) is 5.80. The average molecular weight is 789 g/mol. The maximum Gasteiger partial charge on any atom is 0.297 e. The number of aliphatic hydroxyl groups is 1. The lowest BCUT2D eigenvalue weighted by molar-refractivity contribution is -0.144. The van der Waals surface area contributed by atoms with Gasteiger partial charge >= 0.3 is 0 Å². The van der Waals surface area contributed by atoms with Crippen LogP contribution in [0, 0.1) is 19.3 Å². The number of aliphatic hydroxyl groups excluding tert-OH is 1. The number of benzene rings is 2. The van der Waals surface area contributed by atoms with Crippen LogP contribution in [0.3, 0.4) is 0 Å². The van der Waals surface area contributed by atoms with Crippen LogP contribution in [-0.2, 0) is 42.9 Å². The van der Waals surface area contributed by atoms with E-state index in [1.54, 1.807) is 29.0 Å². The van der Waals surface area contributed by atoms with Gasteiger partial charge in [-0.05, 0) is 49.4 Å². The summed E-state index contributed by atoms with van der Waals surface area (Å²) in [4.78, 5) is 47.1. The highest BCUT2D eigenvalue weighted by Crippen LogP contribution is 2.29. The number of hydrogen-bond donors (Lipinski definition) is 3. The molecule has 0 radical (unpaired) electrons. The number of carbonyl (C=O) groups excluding carboxylic acids is 3. The Labute approximate surface area is 321 Å². The number of rotatable bonds is 19. The van der Waals surface area contributed by atoms with Crippen LogP contribution >= 0.6 is 11.3 Å². The molecule has 1 aromatic heterocycles. The second-order valence-corrected chi connectivity index (χ2v) is 16.7. The number of hydrogen-bond acceptors (Lipinski definition) is 12. The number of β-amino-alcohol motifs (C(OH)–C–C–N with tert-alkyl or cyclic N) is 1. The molecule has 296 valence electrons. The van der Waals surface area contributed by atoms with E-state index in [9.17, 15) is 27.9 Å². The monoisotopic (exact) mass is 788 g/mol. The smallest absolute Gasteiger partial charge is 0.297 e. The summed E-state index contributed by atoms with van der Waals surface area (Å²) in [6.07, 6.45) is -0.808. The topological polar surface area (TPSA) is 183 Å². The molecule has 54 heavy (non-hydrogen) atoms. The van der Waals surface area contributed by atoms with Crippen molar-refractivity contribution in [3.63, 3.8) is 0 Å². The molecule has 2 aromatic carbocycles. The molecule has 0 bridgehead atoms. The zero-order chi connectivity index (χ0) is 39.5. The van der Waals surface area contributed by atoms with Gasteiger partial charge in [-0.3, -0.25) is 18.6 Å². The molecule has 2 unspecified atom stereocenters. The van der Waals surface area contributed by atoms with Crippen LogP contribution in [0.5, 0.6) is 0 Å². The lowest BCUT2D eigenvalue weighted by atomic mass is 9.85. The molecule has 3 N–H and O–H groups in total. The molecular formula is C38H52N4O10S2. The highest BCUT2D eigenvalue weighted by atomic mass is 32.2. The highest BCUT2D eigenvalue weighted by molar-refractivity contribution is 7.86. The second-order valence-electron chi connectivity index (χ2n) is 14.2. The van der Waals surface area contributed by atoms with Crippen LogP contribution in [0.4, 0.5) is 0 Å². The number of aryl methyl sites for hydroxylation is 2. The van der Waals surface area contributed by atoms with Crippen LogP contribution in [0.2, 0.25) is 0 Å². The number of amides is 3. The summed E-state index contributed by atoms with van der Waals surface area (Å²) in [5.41, 5.74) is 4.91. The second kappa shape index (κ2) is 19.7. The van der Waals surface area contributed by atoms with E-state index in [-0.39, 0.29) is 76.1 Å². The van der Waals surface area contributed by atoms with E-state index in [4.69, 9.17) is 18.4 Å². The van der Waals surface area contributed by atoms with E-state index < -0.39 is 45.5 Å². The molecule has 4 rings (SSSR count). The van der Waals surface area contributed by atoms with Crippen molar-refractivity contribution in [1.82, 2.24) is 20.5 Å². The third kappa shape index (κ3) is 12.4. The number of aromatic nitrogens is 1. The van der Waals surface area contributed by atoms with E-state index in [1.165, 1.54) is 17.0 Å². The zero-order valence-corrected chi connectivity index (χ0v) is 33.3. The summed E-state index contributed by atoms with van der Waals surface area (Å²) in [5.74, 6) is -1.37. The van der Waals surface area contributed by atoms with Gasteiger partial charge in [0, 0.05) is 13.0 Å². The molecule has 0 saturated carbocycles. The molecule has 1 aliphatic rings. The van der Waals surface area contributed by atoms with Crippen molar-refractivity contribution in [2.75, 3.05) is 52.8 Å². The first-order valence-corrected chi connectivity index (χ1v) is 20.1. The third-order valence-electron chi connectivity index (χ3n) is 8.81. The molecular weight excluding hydrogens is 737 g/mol. The molecule has 14 nitrogen and oxygen atoms in total. The number of ether oxygens (including phenoxy) is 3. The minimum absolute atomic E-state index is 0.0340. The average Bonchev–Trinajstić information content (AvgIpc) is 3.74. The van der Waals surface area contributed by atoms with Gasteiger partial charge in [0.1, 0.15) is 18.7 Å². The van der Waals surface area contributed by atoms with Gasteiger partial charge in [0.05, 0.1) is 72.8 Å². The van der Waals surface area contributed by atoms with Crippen molar-refractivity contribution in [3.8, 4) is 10.4 Å². The minimum Gasteiger partial charge on any atom is -0.391 e. The predicted octanol–water partition coefficient (Wildman–Crippen LogP) is 3.55. The highest BCUT2D eigenvalue weighted by Gasteiger charge is 2.44. The van der Waals surface area contributed by atoms with Crippen molar-refractivity contribution in [3.05, 3.63) is 70.9 Å². The van der Waals surface area contributed by atoms with Crippen LogP contribution in [-0.4, -0.2) is 112 Å². The van der Waals surface area contributed by atoms with E-state index in [1.807, 2.05) is 65.8 Å². The van der Waals surface area contributed by atoms with Gasteiger partial charge in [-0.1, -0.05) is 62.7 Å². The summed E-state index contributed by atoms with van der Waals surface area (Å²) in [7, 11) is -3.85. The van der Waals surface area contributed by atoms with E-state index in [0.29, 0.717) is 0 Å². The number of nitrogens with zero attached hydrogens (tertiary/aromatic N) is 2. The van der Waals surface area contributed by atoms with Crippen molar-refractivity contribution < 1.29 is 46.3 Å². The zero-order valence-electron chi connectivity index (χ0n) is 31.7. The fraction of sp³-hybridized carbons (Fsp3) is 0.526. The van der Waals surface area contributed by atoms with Gasteiger partial charge in [-0.15, -0.1) is 11.3 Å². The maximum atomic E-state index is 13.9. The molecule has 1 saturated heterocycles. The van der Waals surface area contributed by atoms with Crippen molar-refractivity contribution >= 4 is 39.2 Å². The summed E-state index contributed by atoms with van der Waals surface area (Å²) in [5, 5.41) is 16.3. The van der Waals surface area contributed by atoms with Gasteiger partial charge < -0.3 is 34.9 Å². The molecule has 0 aliphatic carbocycles. The molecule has 2 heterocycles. The number of nitrogens with one attached hydrogen (secondary N) is 2. The first-order valence-electron chi connectivity index (χ1n) is 17.8. The van der Waals surface area contributed by atoms with E-state index in [0.717, 1.165) is 27.3 Å². The lowest BCUT2D eigenvalue weighted by Crippen LogP contribution is -2.58. The Balaban J connectivity index is 1.17. The van der Waals surface area contributed by atoms with Crippen molar-refractivity contribution in [2.45, 2.75) is 77.1 Å². The molecule has 1 aliphatic heterocycles. The number of likely N-dealkylation sites (tertiary alicyclic amines) is 1. The Morgan fingerprint density at radius 3 is 2.13 bits per heavy atom. The Bertz CT molecular complexity index is 1790. The van der Waals surface area contributed by atoms with Gasteiger partial charge in [0.15, 0.2) is 0 Å². The standard InChI is InChI=1S/C38H52N4O10S2/c1-25-7-13-31(14-8-25)54(47,48)52-20-19-50-16-15-49-17-18-51-23-33(44)41-35(38(4,5)6)37(46)42-22-30(43)21-32(42)36(45)40-26(2)28-9-11-29(12-10-28)34-27(3)39-24-53-34/h7-14,24,26,30,32,35,43H,15-23H2,1-6H3,(H,40,45)(H,41,44)/t26?,30-,32+,35?/m1/s1. The summed E-state index contributed by atoms with van der Waals surface area (Å²) >= 11 is 1.57. The third-order valence-corrected chi connectivity index (χ3v) is 11.1. The first-order chi connectivity index (χ1) is 25.6. The lowest BCUT2D eigenvalue weighted by Gasteiger charge is -2.35. The fourth-order valence-corrected chi connectivity index (χ4v) is 7.50. The maximum absolute atomic E-state index is 13.9. The SMILES string of the molecule is Cc1ccc(S(=O)(=O)OCCOCCOCCOCC(=O)NC(C(=O)N2C[C@H](O)C[C@H]2C(=O)NC(C)c2ccc(-c3scnc3C)cc2)C(C)(C)C)cc1. The van der Waals surface area contributed by atoms with Gasteiger partial charge in [-0.2, -0.15) is 8.42 Å². The van der Waals surface area contributed by atoms with Crippen molar-refractivity contribution in [2.24, 2.45) is 5.41 Å². The number of carbonyl (C=O) groups is 3. The Kier molecular flexibility index (Phi) is 15.7. The largest absolute Gasteiger partial charge is 0.391 e. The van der Waals surface area contributed by atoms with Gasteiger partial charge in [0.2, 0.25) is 17.7 Å². The Hall–Kier alpha value is -3.77. The minimum atomic E-state index is -3.85. The van der Waals surface area contributed by atoms with Crippen LogP contribution in [0.25, 0.3) is 10.4 Å². The van der Waals surface area contributed by atoms with Crippen LogP contribution in [0.1, 0.15) is 57.0 Å². The van der Waals surface area contributed by atoms with E-state index in [2.05, 4.69) is 15.6 Å². The van der Waals surface area contributed by atoms with Crippen LogP contribution in [0.15, 0.2) is 58.9 Å². The summed E-state index contributed by atoms with van der Waals surface area (Å²) in [6.45, 7) is 11.4. The summed E-state index contributed by atoms with van der Waals surface area (Å²) < 4.78 is 45.6. The Morgan fingerprint density at radius 2 is 1.54 bits per heavy atom. The molecule has 3 aromatic rings. The Morgan fingerprint density at radius 1 is 0.926 bits per heavy atom. The number of thiazole rings is 1. The first kappa shape index (κ1) is 43.0. The molecule has 16 heteroatoms. The molecule has 4 atom stereocenters. The van der Waals surface area contributed by atoms with Gasteiger partial charge in [0.25, 0.3) is 10.1 Å². The van der Waals surface area contributed by atoms with Gasteiger partial charge in [-0.25, -0.2) is 4.98 Å². The summed E-state index contributed by atoms with van der Waals surface area (Å²) in [6, 6.07) is 12.0. The molecule has 1 fully saturated rings. The molecule has 3 amide bonds. The molecule has 0 spiro atoms. The van der Waals surface area contributed by atoms with Crippen LogP contribution < -0.4 is 10.6 Å².